The summed E-state index contributed by atoms with van der Waals surface area (Å²) in [6, 6.07) is 23.6. The highest BCUT2D eigenvalue weighted by molar-refractivity contribution is 6.06. The molecule has 5 heteroatoms. The summed E-state index contributed by atoms with van der Waals surface area (Å²) in [5.41, 5.74) is 6.44. The molecule has 1 heterocycles. The van der Waals surface area contributed by atoms with Gasteiger partial charge in [-0.3, -0.25) is 14.5 Å². The molecule has 5 nitrogen and oxygen atoms in total. The van der Waals surface area contributed by atoms with E-state index < -0.39 is 6.04 Å². The molecule has 0 aromatic heterocycles. The van der Waals surface area contributed by atoms with E-state index in [-0.39, 0.29) is 23.0 Å². The predicted octanol–water partition coefficient (Wildman–Crippen LogP) is 6.91. The van der Waals surface area contributed by atoms with Crippen LogP contribution in [-0.2, 0) is 15.0 Å². The average Bonchev–Trinajstić information content (AvgIpc) is 3.03. The lowest BCUT2D eigenvalue weighted by molar-refractivity contribution is -0.117. The molecule has 37 heavy (non-hydrogen) atoms. The van der Waals surface area contributed by atoms with Crippen LogP contribution in [-0.4, -0.2) is 18.8 Å². The van der Waals surface area contributed by atoms with Gasteiger partial charge in [0, 0.05) is 24.6 Å². The quantitative estimate of drug-likeness (QED) is 0.430. The Morgan fingerprint density at radius 1 is 0.919 bits per heavy atom. The zero-order valence-electron chi connectivity index (χ0n) is 22.2. The lowest BCUT2D eigenvalue weighted by Crippen LogP contribution is -2.37. The number of carbonyl (C=O) groups excluding carboxylic acids is 2. The van der Waals surface area contributed by atoms with Crippen LogP contribution in [0.1, 0.15) is 69.2 Å². The number of amides is 1. The molecular formula is C32H34N2O3. The Bertz CT molecular complexity index is 1360. The minimum atomic E-state index is -0.498. The van der Waals surface area contributed by atoms with E-state index >= 15 is 0 Å². The number of fused-ring (bicyclic) bond motifs is 1. The Kier molecular flexibility index (Phi) is 6.40. The van der Waals surface area contributed by atoms with Crippen molar-refractivity contribution >= 4 is 23.1 Å². The summed E-state index contributed by atoms with van der Waals surface area (Å²) in [5, 5.41) is 3.57. The molecular weight excluding hydrogens is 460 g/mol. The molecule has 1 aliphatic heterocycles. The molecule has 0 bridgehead atoms. The number of methoxy groups -OCH3 is 1. The van der Waals surface area contributed by atoms with Crippen molar-refractivity contribution in [3.05, 3.63) is 101 Å². The third kappa shape index (κ3) is 4.66. The molecule has 0 saturated carbocycles. The van der Waals surface area contributed by atoms with E-state index in [0.717, 1.165) is 33.9 Å². The summed E-state index contributed by atoms with van der Waals surface area (Å²) in [5.74, 6) is 0.810. The largest absolute Gasteiger partial charge is 0.497 e. The van der Waals surface area contributed by atoms with Gasteiger partial charge in [0.15, 0.2) is 5.78 Å². The van der Waals surface area contributed by atoms with Gasteiger partial charge in [0.05, 0.1) is 24.5 Å². The zero-order chi connectivity index (χ0) is 26.3. The molecule has 0 unspecified atom stereocenters. The Morgan fingerprint density at radius 2 is 1.57 bits per heavy atom. The van der Waals surface area contributed by atoms with Crippen molar-refractivity contribution in [2.45, 2.75) is 57.9 Å². The number of para-hydroxylation sites is 2. The maximum absolute atomic E-state index is 14.0. The number of benzene rings is 3. The first-order valence-corrected chi connectivity index (χ1v) is 12.8. The summed E-state index contributed by atoms with van der Waals surface area (Å²) in [6.45, 7) is 8.12. The second kappa shape index (κ2) is 9.55. The van der Waals surface area contributed by atoms with Crippen LogP contribution in [0.15, 0.2) is 84.1 Å². The number of hydrogen-bond acceptors (Lipinski definition) is 4. The van der Waals surface area contributed by atoms with Crippen molar-refractivity contribution in [1.82, 2.24) is 0 Å². The molecule has 0 fully saturated rings. The van der Waals surface area contributed by atoms with E-state index in [4.69, 9.17) is 4.74 Å². The van der Waals surface area contributed by atoms with Crippen molar-refractivity contribution < 1.29 is 14.3 Å². The normalized spacial score (nSPS) is 19.5. The van der Waals surface area contributed by atoms with Crippen molar-refractivity contribution in [3.63, 3.8) is 0 Å². The highest BCUT2D eigenvalue weighted by atomic mass is 16.5. The molecule has 2 aliphatic rings. The van der Waals surface area contributed by atoms with Gasteiger partial charge in [-0.25, -0.2) is 0 Å². The van der Waals surface area contributed by atoms with Crippen LogP contribution in [0.5, 0.6) is 5.75 Å². The van der Waals surface area contributed by atoms with Crippen molar-refractivity contribution in [2.75, 3.05) is 17.3 Å². The Balaban J connectivity index is 1.65. The maximum atomic E-state index is 14.0. The summed E-state index contributed by atoms with van der Waals surface area (Å²) < 4.78 is 5.32. The number of hydrogen-bond donors (Lipinski definition) is 1. The zero-order valence-corrected chi connectivity index (χ0v) is 22.2. The minimum Gasteiger partial charge on any atom is -0.497 e. The van der Waals surface area contributed by atoms with Gasteiger partial charge >= 0.3 is 0 Å². The monoisotopic (exact) mass is 494 g/mol. The smallest absolute Gasteiger partial charge is 0.224 e. The predicted molar refractivity (Wildman–Crippen MR) is 148 cm³/mol. The molecule has 190 valence electrons. The number of rotatable bonds is 3. The standard InChI is InChI=1S/C32H34N2O3/c1-20(35)34-28-9-7-6-8-26(28)33-27-18-23(21-12-16-25(37-5)17-13-21)19-29(36)30(27)31(34)22-10-14-24(15-11-22)32(2,3)4/h6-17,23,31,33H,18-19H2,1-5H3/t23-,31+/m0/s1. The van der Waals surface area contributed by atoms with Gasteiger partial charge in [0.2, 0.25) is 5.91 Å². The van der Waals surface area contributed by atoms with E-state index in [9.17, 15) is 9.59 Å². The number of ether oxygens (including phenoxy) is 1. The van der Waals surface area contributed by atoms with Crippen LogP contribution in [0.2, 0.25) is 0 Å². The molecule has 0 saturated heterocycles. The van der Waals surface area contributed by atoms with Gasteiger partial charge in [-0.05, 0) is 58.7 Å². The SMILES string of the molecule is COc1ccc([C@@H]2CC(=O)C3=C(C2)Nc2ccccc2N(C(C)=O)[C@@H]3c2ccc(C(C)(C)C)cc2)cc1. The first-order valence-electron chi connectivity index (χ1n) is 12.8. The molecule has 0 spiro atoms. The fraction of sp³-hybridized carbons (Fsp3) is 0.312. The first-order chi connectivity index (χ1) is 17.7. The Hall–Kier alpha value is -3.86. The van der Waals surface area contributed by atoms with E-state index in [2.05, 4.69) is 50.4 Å². The second-order valence-electron chi connectivity index (χ2n) is 11.0. The van der Waals surface area contributed by atoms with Gasteiger partial charge < -0.3 is 10.1 Å². The van der Waals surface area contributed by atoms with E-state index in [1.807, 2.05) is 48.5 Å². The fourth-order valence-electron chi connectivity index (χ4n) is 5.53. The highest BCUT2D eigenvalue weighted by Gasteiger charge is 2.40. The summed E-state index contributed by atoms with van der Waals surface area (Å²) in [6.07, 6.45) is 1.08. The summed E-state index contributed by atoms with van der Waals surface area (Å²) in [4.78, 5) is 28.9. The van der Waals surface area contributed by atoms with Gasteiger partial charge in [-0.15, -0.1) is 0 Å². The summed E-state index contributed by atoms with van der Waals surface area (Å²) in [7, 11) is 1.65. The second-order valence-corrected chi connectivity index (χ2v) is 11.0. The molecule has 1 aliphatic carbocycles. The number of carbonyl (C=O) groups is 2. The summed E-state index contributed by atoms with van der Waals surface area (Å²) >= 11 is 0. The van der Waals surface area contributed by atoms with Crippen LogP contribution < -0.4 is 15.0 Å². The molecule has 2 atom stereocenters. The number of Topliss-reactive ketones (excluding diaryl/α,β-unsaturated/α-hetero) is 1. The maximum Gasteiger partial charge on any atom is 0.224 e. The first kappa shape index (κ1) is 24.8. The molecule has 1 amide bonds. The third-order valence-electron chi connectivity index (χ3n) is 7.51. The van der Waals surface area contributed by atoms with Gasteiger partial charge in [0.25, 0.3) is 0 Å². The number of allylic oxidation sites excluding steroid dienone is 1. The molecule has 3 aromatic rings. The molecule has 5 rings (SSSR count). The van der Waals surface area contributed by atoms with Crippen molar-refractivity contribution in [1.29, 1.82) is 0 Å². The van der Waals surface area contributed by atoms with E-state index in [0.29, 0.717) is 18.4 Å². The number of nitrogens with one attached hydrogen (secondary N) is 1. The van der Waals surface area contributed by atoms with Gasteiger partial charge in [-0.2, -0.15) is 0 Å². The van der Waals surface area contributed by atoms with Crippen LogP contribution in [0.3, 0.4) is 0 Å². The average molecular weight is 495 g/mol. The molecule has 3 aromatic carbocycles. The van der Waals surface area contributed by atoms with Crippen molar-refractivity contribution in [3.8, 4) is 5.75 Å². The highest BCUT2D eigenvalue weighted by Crippen LogP contribution is 2.47. The topological polar surface area (TPSA) is 58.6 Å². The minimum absolute atomic E-state index is 0.00702. The van der Waals surface area contributed by atoms with Crippen molar-refractivity contribution in [2.24, 2.45) is 0 Å². The van der Waals surface area contributed by atoms with Crippen LogP contribution in [0, 0.1) is 0 Å². The van der Waals surface area contributed by atoms with E-state index in [1.165, 1.54) is 5.56 Å². The Morgan fingerprint density at radius 3 is 2.19 bits per heavy atom. The molecule has 0 radical (unpaired) electrons. The number of anilines is 2. The number of nitrogens with zero attached hydrogens (tertiary/aromatic N) is 1. The van der Waals surface area contributed by atoms with Gasteiger partial charge in [0.1, 0.15) is 5.75 Å². The third-order valence-corrected chi connectivity index (χ3v) is 7.51. The lowest BCUT2D eigenvalue weighted by Gasteiger charge is -2.35. The Labute approximate surface area is 219 Å². The molecule has 1 N–H and O–H groups in total. The van der Waals surface area contributed by atoms with Gasteiger partial charge in [-0.1, -0.05) is 69.3 Å². The van der Waals surface area contributed by atoms with Crippen LogP contribution in [0.25, 0.3) is 0 Å². The van der Waals surface area contributed by atoms with Crippen LogP contribution in [0.4, 0.5) is 11.4 Å². The number of ketones is 1. The van der Waals surface area contributed by atoms with Crippen LogP contribution >= 0.6 is 0 Å². The fourth-order valence-corrected chi connectivity index (χ4v) is 5.53. The van der Waals surface area contributed by atoms with E-state index in [1.54, 1.807) is 18.9 Å². The lowest BCUT2D eigenvalue weighted by atomic mass is 9.77.